The number of benzene rings is 1. The molecule has 0 saturated carbocycles. The van der Waals surface area contributed by atoms with Gasteiger partial charge in [0, 0.05) is 10.6 Å². The second-order valence-corrected chi connectivity index (χ2v) is 2.90. The Bertz CT molecular complexity index is 282. The molecular formula is C6H5FNO2S-. The minimum absolute atomic E-state index is 0.101. The third-order valence-electron chi connectivity index (χ3n) is 1.09. The standard InChI is InChI=1S/C6H6FNO2S/c7-4-1-5(8)3-6(2-4)11(9)10/h1-3H,8H2,(H,9,10)/p-1. The lowest BCUT2D eigenvalue weighted by Gasteiger charge is -2.05. The number of hydrogen-bond donors (Lipinski definition) is 1. The van der Waals surface area contributed by atoms with Gasteiger partial charge in [-0.2, -0.15) is 0 Å². The zero-order valence-electron chi connectivity index (χ0n) is 5.41. The average Bonchev–Trinajstić information content (AvgIpc) is 1.85. The number of nitrogen functional groups attached to an aromatic ring is 1. The van der Waals surface area contributed by atoms with Gasteiger partial charge in [-0.15, -0.1) is 0 Å². The first-order chi connectivity index (χ1) is 5.09. The lowest BCUT2D eigenvalue weighted by atomic mass is 10.3. The van der Waals surface area contributed by atoms with E-state index in [0.29, 0.717) is 0 Å². The zero-order chi connectivity index (χ0) is 8.43. The van der Waals surface area contributed by atoms with Gasteiger partial charge < -0.3 is 10.3 Å². The van der Waals surface area contributed by atoms with Crippen LogP contribution in [0.1, 0.15) is 0 Å². The first kappa shape index (κ1) is 8.16. The smallest absolute Gasteiger partial charge is 0.126 e. The summed E-state index contributed by atoms with van der Waals surface area (Å²) in [5.41, 5.74) is 5.28. The van der Waals surface area contributed by atoms with Gasteiger partial charge in [0.2, 0.25) is 0 Å². The van der Waals surface area contributed by atoms with Gasteiger partial charge in [-0.1, -0.05) is 0 Å². The molecule has 1 unspecified atom stereocenters. The molecule has 0 fully saturated rings. The van der Waals surface area contributed by atoms with Crippen LogP contribution in [-0.2, 0) is 11.1 Å². The lowest BCUT2D eigenvalue weighted by Crippen LogP contribution is -1.93. The maximum absolute atomic E-state index is 12.4. The Kier molecular flexibility index (Phi) is 2.21. The van der Waals surface area contributed by atoms with E-state index in [1.165, 1.54) is 6.07 Å². The van der Waals surface area contributed by atoms with Crippen LogP contribution in [0.4, 0.5) is 10.1 Å². The lowest BCUT2D eigenvalue weighted by molar-refractivity contribution is 0.535. The van der Waals surface area contributed by atoms with Crippen molar-refractivity contribution in [1.82, 2.24) is 0 Å². The molecule has 0 aliphatic carbocycles. The van der Waals surface area contributed by atoms with E-state index in [2.05, 4.69) is 0 Å². The van der Waals surface area contributed by atoms with Gasteiger partial charge in [-0.25, -0.2) is 4.39 Å². The largest absolute Gasteiger partial charge is 0.768 e. The fourth-order valence-electron chi connectivity index (χ4n) is 0.681. The molecule has 0 amide bonds. The average molecular weight is 174 g/mol. The van der Waals surface area contributed by atoms with Gasteiger partial charge in [0.05, 0.1) is 0 Å². The van der Waals surface area contributed by atoms with Crippen LogP contribution >= 0.6 is 0 Å². The van der Waals surface area contributed by atoms with E-state index in [0.717, 1.165) is 12.1 Å². The van der Waals surface area contributed by atoms with Gasteiger partial charge in [0.1, 0.15) is 5.82 Å². The number of halogens is 1. The van der Waals surface area contributed by atoms with Crippen molar-refractivity contribution in [2.24, 2.45) is 0 Å². The van der Waals surface area contributed by atoms with E-state index in [1.807, 2.05) is 0 Å². The maximum atomic E-state index is 12.4. The minimum atomic E-state index is -2.42. The van der Waals surface area contributed by atoms with Crippen molar-refractivity contribution in [3.05, 3.63) is 24.0 Å². The van der Waals surface area contributed by atoms with Crippen molar-refractivity contribution in [2.75, 3.05) is 5.73 Å². The molecule has 0 bridgehead atoms. The van der Waals surface area contributed by atoms with E-state index in [4.69, 9.17) is 5.73 Å². The third kappa shape index (κ3) is 1.99. The van der Waals surface area contributed by atoms with Crippen LogP contribution in [0.3, 0.4) is 0 Å². The summed E-state index contributed by atoms with van der Waals surface area (Å²) < 4.78 is 33.0. The van der Waals surface area contributed by atoms with E-state index in [9.17, 15) is 13.2 Å². The van der Waals surface area contributed by atoms with Crippen LogP contribution in [0.5, 0.6) is 0 Å². The molecule has 0 aromatic heterocycles. The van der Waals surface area contributed by atoms with E-state index >= 15 is 0 Å². The molecule has 0 saturated heterocycles. The number of rotatable bonds is 1. The van der Waals surface area contributed by atoms with Crippen LogP contribution in [0, 0.1) is 5.82 Å². The van der Waals surface area contributed by atoms with Gasteiger partial charge in [-0.05, 0) is 29.3 Å². The highest BCUT2D eigenvalue weighted by atomic mass is 32.2. The Morgan fingerprint density at radius 1 is 1.45 bits per heavy atom. The van der Waals surface area contributed by atoms with Gasteiger partial charge in [0.15, 0.2) is 0 Å². The summed E-state index contributed by atoms with van der Waals surface area (Å²) in [5, 5.41) is 0. The van der Waals surface area contributed by atoms with Gasteiger partial charge in [0.25, 0.3) is 0 Å². The summed E-state index contributed by atoms with van der Waals surface area (Å²) in [5.74, 6) is -0.649. The van der Waals surface area contributed by atoms with Crippen molar-refractivity contribution in [3.8, 4) is 0 Å². The molecule has 2 N–H and O–H groups in total. The Balaban J connectivity index is 3.19. The van der Waals surface area contributed by atoms with Gasteiger partial charge in [-0.3, -0.25) is 4.21 Å². The summed E-state index contributed by atoms with van der Waals surface area (Å²) in [6.45, 7) is 0. The normalized spacial score (nSPS) is 12.9. The number of hydrogen-bond acceptors (Lipinski definition) is 3. The maximum Gasteiger partial charge on any atom is 0.126 e. The zero-order valence-corrected chi connectivity index (χ0v) is 6.23. The highest BCUT2D eigenvalue weighted by molar-refractivity contribution is 7.79. The Labute approximate surface area is 65.3 Å². The fraction of sp³-hybridized carbons (Fsp3) is 0. The van der Waals surface area contributed by atoms with Crippen molar-refractivity contribution < 1.29 is 13.2 Å². The molecule has 1 aromatic carbocycles. The molecular weight excluding hydrogens is 169 g/mol. The Morgan fingerprint density at radius 3 is 2.55 bits per heavy atom. The molecule has 60 valence electrons. The quantitative estimate of drug-likeness (QED) is 0.502. The summed E-state index contributed by atoms with van der Waals surface area (Å²) in [6.07, 6.45) is 0. The van der Waals surface area contributed by atoms with Crippen molar-refractivity contribution in [1.29, 1.82) is 0 Å². The van der Waals surface area contributed by atoms with E-state index in [1.54, 1.807) is 0 Å². The predicted molar refractivity (Wildman–Crippen MR) is 38.0 cm³/mol. The van der Waals surface area contributed by atoms with Crippen LogP contribution in [0.15, 0.2) is 23.1 Å². The predicted octanol–water partition coefficient (Wildman–Crippen LogP) is 0.646. The molecule has 1 atom stereocenters. The monoisotopic (exact) mass is 174 g/mol. The third-order valence-corrected chi connectivity index (χ3v) is 1.71. The summed E-state index contributed by atoms with van der Waals surface area (Å²) in [6, 6.07) is 3.14. The molecule has 0 aliphatic rings. The highest BCUT2D eigenvalue weighted by Crippen LogP contribution is 2.12. The summed E-state index contributed by atoms with van der Waals surface area (Å²) in [4.78, 5) is -0.137. The van der Waals surface area contributed by atoms with Crippen LogP contribution in [-0.4, -0.2) is 8.76 Å². The molecule has 3 nitrogen and oxygen atoms in total. The molecule has 5 heteroatoms. The minimum Gasteiger partial charge on any atom is -0.768 e. The molecule has 1 aromatic rings. The highest BCUT2D eigenvalue weighted by Gasteiger charge is 1.97. The second-order valence-electron chi connectivity index (χ2n) is 1.95. The number of anilines is 1. The molecule has 0 radical (unpaired) electrons. The SMILES string of the molecule is Nc1cc(F)cc(S(=O)[O-])c1. The molecule has 11 heavy (non-hydrogen) atoms. The topological polar surface area (TPSA) is 66.2 Å². The molecule has 1 rings (SSSR count). The van der Waals surface area contributed by atoms with Crippen molar-refractivity contribution in [3.63, 3.8) is 0 Å². The number of nitrogens with two attached hydrogens (primary N) is 1. The second kappa shape index (κ2) is 2.98. The first-order valence-electron chi connectivity index (χ1n) is 2.75. The van der Waals surface area contributed by atoms with Crippen molar-refractivity contribution in [2.45, 2.75) is 4.90 Å². The Hall–Kier alpha value is -0.940. The molecule has 0 aliphatic heterocycles. The van der Waals surface area contributed by atoms with Crippen molar-refractivity contribution >= 4 is 16.8 Å². The van der Waals surface area contributed by atoms with E-state index < -0.39 is 16.9 Å². The fourth-order valence-corrected chi connectivity index (χ4v) is 1.12. The Morgan fingerprint density at radius 2 is 2.09 bits per heavy atom. The van der Waals surface area contributed by atoms with Crippen LogP contribution < -0.4 is 5.73 Å². The van der Waals surface area contributed by atoms with Gasteiger partial charge >= 0.3 is 0 Å². The van der Waals surface area contributed by atoms with Crippen LogP contribution in [0.2, 0.25) is 0 Å². The summed E-state index contributed by atoms with van der Waals surface area (Å²) >= 11 is -2.42. The molecule has 0 spiro atoms. The summed E-state index contributed by atoms with van der Waals surface area (Å²) in [7, 11) is 0. The first-order valence-corrected chi connectivity index (χ1v) is 3.82. The molecule has 0 heterocycles. The van der Waals surface area contributed by atoms with E-state index in [-0.39, 0.29) is 10.6 Å². The van der Waals surface area contributed by atoms with Crippen LogP contribution in [0.25, 0.3) is 0 Å².